The molecule has 0 fully saturated rings. The van der Waals surface area contributed by atoms with Gasteiger partial charge in [-0.1, -0.05) is 0 Å². The molecule has 1 aromatic rings. The van der Waals surface area contributed by atoms with Crippen LogP contribution >= 0.6 is 0 Å². The lowest BCUT2D eigenvalue weighted by Gasteiger charge is -2.27. The number of ether oxygens (including phenoxy) is 1. The molecular formula is C9H9F3N2O. The van der Waals surface area contributed by atoms with Crippen LogP contribution in [-0.2, 0) is 6.18 Å². The molecule has 1 aliphatic heterocycles. The fourth-order valence-electron chi connectivity index (χ4n) is 1.38. The van der Waals surface area contributed by atoms with Crippen molar-refractivity contribution in [3.8, 4) is 5.88 Å². The lowest BCUT2D eigenvalue weighted by molar-refractivity contribution is -0.137. The Bertz CT molecular complexity index is 378. The standard InChI is InChI=1S/C9H9F3N2O/c1-14-2-3-15-8-7(14)4-6(5-13-8)9(10,11)12/h4-5H,2-3H2,1H3. The number of alkyl halides is 3. The number of rotatable bonds is 0. The number of fused-ring (bicyclic) bond motifs is 1. The molecule has 2 heterocycles. The fourth-order valence-corrected chi connectivity index (χ4v) is 1.38. The summed E-state index contributed by atoms with van der Waals surface area (Å²) in [6.07, 6.45) is -3.57. The van der Waals surface area contributed by atoms with Crippen molar-refractivity contribution in [2.75, 3.05) is 25.1 Å². The van der Waals surface area contributed by atoms with Gasteiger partial charge in [0.2, 0.25) is 5.88 Å². The Morgan fingerprint density at radius 1 is 1.47 bits per heavy atom. The van der Waals surface area contributed by atoms with Crippen LogP contribution in [0.1, 0.15) is 5.56 Å². The van der Waals surface area contributed by atoms with Gasteiger partial charge in [-0.05, 0) is 6.07 Å². The van der Waals surface area contributed by atoms with Crippen LogP contribution in [0.3, 0.4) is 0 Å². The van der Waals surface area contributed by atoms with E-state index in [0.29, 0.717) is 18.8 Å². The third-order valence-electron chi connectivity index (χ3n) is 2.24. The fraction of sp³-hybridized carbons (Fsp3) is 0.444. The first-order valence-corrected chi connectivity index (χ1v) is 4.39. The highest BCUT2D eigenvalue weighted by molar-refractivity contribution is 5.57. The summed E-state index contributed by atoms with van der Waals surface area (Å²) in [7, 11) is 1.71. The predicted molar refractivity (Wildman–Crippen MR) is 48.0 cm³/mol. The number of halogens is 3. The topological polar surface area (TPSA) is 25.4 Å². The molecule has 15 heavy (non-hydrogen) atoms. The maximum absolute atomic E-state index is 12.4. The summed E-state index contributed by atoms with van der Waals surface area (Å²) in [5.74, 6) is 0.261. The van der Waals surface area contributed by atoms with Gasteiger partial charge in [0, 0.05) is 13.2 Å². The van der Waals surface area contributed by atoms with E-state index in [1.807, 2.05) is 0 Å². The minimum absolute atomic E-state index is 0.261. The summed E-state index contributed by atoms with van der Waals surface area (Å²) in [5.41, 5.74) is -0.366. The summed E-state index contributed by atoms with van der Waals surface area (Å²) in [6, 6.07) is 1.06. The van der Waals surface area contributed by atoms with Crippen LogP contribution in [-0.4, -0.2) is 25.2 Å². The van der Waals surface area contributed by atoms with Crippen LogP contribution in [0.4, 0.5) is 18.9 Å². The second-order valence-corrected chi connectivity index (χ2v) is 3.32. The van der Waals surface area contributed by atoms with Crippen LogP contribution < -0.4 is 9.64 Å². The number of aromatic nitrogens is 1. The van der Waals surface area contributed by atoms with E-state index >= 15 is 0 Å². The molecule has 0 bridgehead atoms. The number of anilines is 1. The zero-order valence-corrected chi connectivity index (χ0v) is 8.01. The normalized spacial score (nSPS) is 15.9. The quantitative estimate of drug-likeness (QED) is 0.665. The molecule has 1 aliphatic rings. The van der Waals surface area contributed by atoms with Crippen molar-refractivity contribution in [1.29, 1.82) is 0 Å². The molecule has 1 aromatic heterocycles. The Kier molecular flexibility index (Phi) is 2.21. The van der Waals surface area contributed by atoms with Crippen molar-refractivity contribution >= 4 is 5.69 Å². The van der Waals surface area contributed by atoms with E-state index in [1.165, 1.54) is 0 Å². The van der Waals surface area contributed by atoms with Gasteiger partial charge in [0.15, 0.2) is 0 Å². The molecule has 6 heteroatoms. The van der Waals surface area contributed by atoms with Gasteiger partial charge in [0.1, 0.15) is 12.3 Å². The molecule has 0 saturated heterocycles. The molecular weight excluding hydrogens is 209 g/mol. The van der Waals surface area contributed by atoms with Gasteiger partial charge in [-0.3, -0.25) is 0 Å². The van der Waals surface area contributed by atoms with Crippen LogP contribution in [0.15, 0.2) is 12.3 Å². The van der Waals surface area contributed by atoms with E-state index < -0.39 is 11.7 Å². The van der Waals surface area contributed by atoms with Crippen molar-refractivity contribution in [3.63, 3.8) is 0 Å². The molecule has 0 aliphatic carbocycles. The van der Waals surface area contributed by atoms with E-state index in [9.17, 15) is 13.2 Å². The van der Waals surface area contributed by atoms with E-state index in [-0.39, 0.29) is 5.88 Å². The third kappa shape index (κ3) is 1.84. The van der Waals surface area contributed by atoms with Crippen LogP contribution in [0.5, 0.6) is 5.88 Å². The van der Waals surface area contributed by atoms with Crippen molar-refractivity contribution in [2.24, 2.45) is 0 Å². The molecule has 3 nitrogen and oxygen atoms in total. The van der Waals surface area contributed by atoms with Crippen molar-refractivity contribution in [2.45, 2.75) is 6.18 Å². The maximum atomic E-state index is 12.4. The zero-order valence-electron chi connectivity index (χ0n) is 8.01. The Morgan fingerprint density at radius 3 is 2.87 bits per heavy atom. The third-order valence-corrected chi connectivity index (χ3v) is 2.24. The Balaban J connectivity index is 2.44. The number of hydrogen-bond acceptors (Lipinski definition) is 3. The van der Waals surface area contributed by atoms with Gasteiger partial charge < -0.3 is 9.64 Å². The van der Waals surface area contributed by atoms with Gasteiger partial charge in [0.05, 0.1) is 12.1 Å². The number of likely N-dealkylation sites (N-methyl/N-ethyl adjacent to an activating group) is 1. The monoisotopic (exact) mass is 218 g/mol. The predicted octanol–water partition coefficient (Wildman–Crippen LogP) is 1.93. The smallest absolute Gasteiger partial charge is 0.417 e. The summed E-state index contributed by atoms with van der Waals surface area (Å²) >= 11 is 0. The van der Waals surface area contributed by atoms with Crippen LogP contribution in [0.2, 0.25) is 0 Å². The van der Waals surface area contributed by atoms with E-state index in [0.717, 1.165) is 12.3 Å². The second kappa shape index (κ2) is 3.29. The number of hydrogen-bond donors (Lipinski definition) is 0. The summed E-state index contributed by atoms with van der Waals surface area (Å²) in [5, 5.41) is 0. The Hall–Kier alpha value is -1.46. The average Bonchev–Trinajstić information content (AvgIpc) is 2.16. The molecule has 0 saturated carbocycles. The molecule has 0 unspecified atom stereocenters. The molecule has 0 aromatic carbocycles. The highest BCUT2D eigenvalue weighted by atomic mass is 19.4. The lowest BCUT2D eigenvalue weighted by Crippen LogP contribution is -2.29. The number of pyridine rings is 1. The first-order valence-electron chi connectivity index (χ1n) is 4.39. The molecule has 0 atom stereocenters. The van der Waals surface area contributed by atoms with Crippen molar-refractivity contribution in [3.05, 3.63) is 17.8 Å². The van der Waals surface area contributed by atoms with Crippen molar-refractivity contribution < 1.29 is 17.9 Å². The van der Waals surface area contributed by atoms with Crippen LogP contribution in [0.25, 0.3) is 0 Å². The van der Waals surface area contributed by atoms with Crippen molar-refractivity contribution in [1.82, 2.24) is 4.98 Å². The van der Waals surface area contributed by atoms with E-state index in [1.54, 1.807) is 11.9 Å². The highest BCUT2D eigenvalue weighted by Gasteiger charge is 2.32. The van der Waals surface area contributed by atoms with Gasteiger partial charge in [-0.25, -0.2) is 4.98 Å². The average molecular weight is 218 g/mol. The molecule has 0 amide bonds. The molecule has 0 radical (unpaired) electrons. The minimum atomic E-state index is -4.36. The van der Waals surface area contributed by atoms with Crippen LogP contribution in [0, 0.1) is 0 Å². The summed E-state index contributed by atoms with van der Waals surface area (Å²) in [6.45, 7) is 1.01. The second-order valence-electron chi connectivity index (χ2n) is 3.32. The number of nitrogens with zero attached hydrogens (tertiary/aromatic N) is 2. The highest BCUT2D eigenvalue weighted by Crippen LogP contribution is 2.35. The maximum Gasteiger partial charge on any atom is 0.417 e. The lowest BCUT2D eigenvalue weighted by atomic mass is 10.2. The zero-order chi connectivity index (χ0) is 11.1. The first kappa shape index (κ1) is 10.1. The van der Waals surface area contributed by atoms with Gasteiger partial charge in [0.25, 0.3) is 0 Å². The molecule has 2 rings (SSSR count). The largest absolute Gasteiger partial charge is 0.474 e. The Labute approximate surface area is 84.5 Å². The van der Waals surface area contributed by atoms with Gasteiger partial charge >= 0.3 is 6.18 Å². The SMILES string of the molecule is CN1CCOc2ncc(C(F)(F)F)cc21. The van der Waals surface area contributed by atoms with Gasteiger partial charge in [-0.15, -0.1) is 0 Å². The molecule has 82 valence electrons. The summed E-state index contributed by atoms with van der Waals surface area (Å²) in [4.78, 5) is 5.35. The molecule has 0 spiro atoms. The Morgan fingerprint density at radius 2 is 2.20 bits per heavy atom. The van der Waals surface area contributed by atoms with E-state index in [2.05, 4.69) is 4.98 Å². The van der Waals surface area contributed by atoms with E-state index in [4.69, 9.17) is 4.74 Å². The first-order chi connectivity index (χ1) is 6.98. The molecule has 0 N–H and O–H groups in total. The van der Waals surface area contributed by atoms with Gasteiger partial charge in [-0.2, -0.15) is 13.2 Å². The summed E-state index contributed by atoms with van der Waals surface area (Å²) < 4.78 is 42.3. The minimum Gasteiger partial charge on any atom is -0.474 e.